The van der Waals surface area contributed by atoms with E-state index >= 15 is 0 Å². The minimum atomic E-state index is 0.797. The molecule has 1 aliphatic heterocycles. The van der Waals surface area contributed by atoms with E-state index in [0.717, 1.165) is 30.7 Å². The Morgan fingerprint density at radius 2 is 2.38 bits per heavy atom. The van der Waals surface area contributed by atoms with Crippen molar-refractivity contribution in [2.75, 3.05) is 6.54 Å². The lowest BCUT2D eigenvalue weighted by Gasteiger charge is -2.15. The first-order valence-electron chi connectivity index (χ1n) is 4.25. The molecule has 66 valence electrons. The van der Waals surface area contributed by atoms with Gasteiger partial charge >= 0.3 is 0 Å². The zero-order valence-electron chi connectivity index (χ0n) is 6.95. The number of pyridine rings is 1. The van der Waals surface area contributed by atoms with Crippen LogP contribution in [0.15, 0.2) is 6.20 Å². The molecule has 0 atom stereocenters. The number of aromatic nitrogens is 3. The third kappa shape index (κ3) is 1.04. The molecule has 0 spiro atoms. The van der Waals surface area contributed by atoms with Crippen LogP contribution >= 0.6 is 11.7 Å². The Hall–Kier alpha value is -1.07. The van der Waals surface area contributed by atoms with Gasteiger partial charge in [0.05, 0.1) is 11.7 Å². The van der Waals surface area contributed by atoms with Crippen LogP contribution in [0.2, 0.25) is 0 Å². The molecule has 0 unspecified atom stereocenters. The molecule has 0 fully saturated rings. The van der Waals surface area contributed by atoms with Crippen LogP contribution in [-0.2, 0) is 13.0 Å². The Morgan fingerprint density at radius 3 is 3.38 bits per heavy atom. The molecule has 0 bridgehead atoms. The number of hydrogen-bond donors (Lipinski definition) is 1. The highest BCUT2D eigenvalue weighted by atomic mass is 32.1. The van der Waals surface area contributed by atoms with Gasteiger partial charge in [-0.2, -0.15) is 8.75 Å². The van der Waals surface area contributed by atoms with Gasteiger partial charge in [0.2, 0.25) is 0 Å². The van der Waals surface area contributed by atoms with Gasteiger partial charge in [0.25, 0.3) is 0 Å². The summed E-state index contributed by atoms with van der Waals surface area (Å²) in [6, 6.07) is 0. The van der Waals surface area contributed by atoms with Gasteiger partial charge in [-0.15, -0.1) is 0 Å². The molecule has 2 aromatic heterocycles. The van der Waals surface area contributed by atoms with E-state index in [4.69, 9.17) is 0 Å². The van der Waals surface area contributed by atoms with E-state index in [9.17, 15) is 0 Å². The van der Waals surface area contributed by atoms with Crippen LogP contribution in [0.3, 0.4) is 0 Å². The fourth-order valence-electron chi connectivity index (χ4n) is 1.70. The lowest BCUT2D eigenvalue weighted by Crippen LogP contribution is -2.23. The average molecular weight is 192 g/mol. The monoisotopic (exact) mass is 192 g/mol. The number of nitrogens with one attached hydrogen (secondary N) is 1. The van der Waals surface area contributed by atoms with Gasteiger partial charge in [-0.1, -0.05) is 0 Å². The molecular formula is C8H8N4S. The summed E-state index contributed by atoms with van der Waals surface area (Å²) in [7, 11) is 0. The topological polar surface area (TPSA) is 50.7 Å². The summed E-state index contributed by atoms with van der Waals surface area (Å²) in [5.41, 5.74) is 4.40. The van der Waals surface area contributed by atoms with E-state index in [2.05, 4.69) is 19.0 Å². The maximum absolute atomic E-state index is 4.27. The van der Waals surface area contributed by atoms with Crippen molar-refractivity contribution in [3.8, 4) is 0 Å². The third-order valence-corrected chi connectivity index (χ3v) is 2.87. The molecule has 13 heavy (non-hydrogen) atoms. The Kier molecular flexibility index (Phi) is 1.53. The Balaban J connectivity index is 2.34. The molecule has 1 N–H and O–H groups in total. The minimum absolute atomic E-state index is 0.797. The molecule has 5 heteroatoms. The van der Waals surface area contributed by atoms with E-state index in [1.165, 1.54) is 22.9 Å². The van der Waals surface area contributed by atoms with Crippen LogP contribution in [0.1, 0.15) is 11.1 Å². The average Bonchev–Trinajstić information content (AvgIpc) is 2.65. The second-order valence-corrected chi connectivity index (χ2v) is 3.65. The van der Waals surface area contributed by atoms with E-state index in [0.29, 0.717) is 0 Å². The van der Waals surface area contributed by atoms with Crippen LogP contribution in [0, 0.1) is 0 Å². The van der Waals surface area contributed by atoms with Crippen molar-refractivity contribution in [1.29, 1.82) is 0 Å². The zero-order chi connectivity index (χ0) is 8.67. The Labute approximate surface area is 79.3 Å². The molecule has 0 saturated carbocycles. The highest BCUT2D eigenvalue weighted by Crippen LogP contribution is 2.21. The quantitative estimate of drug-likeness (QED) is 0.668. The molecule has 3 rings (SSSR count). The summed E-state index contributed by atoms with van der Waals surface area (Å²) < 4.78 is 8.40. The highest BCUT2D eigenvalue weighted by molar-refractivity contribution is 7.00. The lowest BCUT2D eigenvalue weighted by molar-refractivity contribution is 0.644. The Bertz CT molecular complexity index is 450. The van der Waals surface area contributed by atoms with E-state index in [1.807, 2.05) is 6.20 Å². The first kappa shape index (κ1) is 7.34. The van der Waals surface area contributed by atoms with E-state index < -0.39 is 0 Å². The fraction of sp³-hybridized carbons (Fsp3) is 0.375. The summed E-state index contributed by atoms with van der Waals surface area (Å²) in [5, 5.41) is 3.31. The van der Waals surface area contributed by atoms with Crippen molar-refractivity contribution in [3.63, 3.8) is 0 Å². The molecule has 0 amide bonds. The number of hydrogen-bond acceptors (Lipinski definition) is 5. The van der Waals surface area contributed by atoms with Gasteiger partial charge in [-0.05, 0) is 24.1 Å². The van der Waals surface area contributed by atoms with Crippen LogP contribution in [0.4, 0.5) is 0 Å². The SMILES string of the molecule is c1nc2nsnc2c2c1CNCC2. The Morgan fingerprint density at radius 1 is 1.38 bits per heavy atom. The van der Waals surface area contributed by atoms with Gasteiger partial charge in [0, 0.05) is 12.7 Å². The van der Waals surface area contributed by atoms with Gasteiger partial charge in [-0.25, -0.2) is 4.98 Å². The summed E-state index contributed by atoms with van der Waals surface area (Å²) in [6.07, 6.45) is 2.95. The normalized spacial score (nSPS) is 16.0. The van der Waals surface area contributed by atoms with E-state index in [1.54, 1.807) is 0 Å². The number of nitrogens with zero attached hydrogens (tertiary/aromatic N) is 3. The maximum atomic E-state index is 4.27. The van der Waals surface area contributed by atoms with Crippen molar-refractivity contribution in [3.05, 3.63) is 17.3 Å². The molecule has 0 saturated heterocycles. The maximum Gasteiger partial charge on any atom is 0.193 e. The number of rotatable bonds is 0. The minimum Gasteiger partial charge on any atom is -0.312 e. The molecule has 0 radical (unpaired) electrons. The second kappa shape index (κ2) is 2.71. The second-order valence-electron chi connectivity index (χ2n) is 3.13. The number of fused-ring (bicyclic) bond motifs is 3. The van der Waals surface area contributed by atoms with Crippen molar-refractivity contribution >= 4 is 22.9 Å². The highest BCUT2D eigenvalue weighted by Gasteiger charge is 2.14. The third-order valence-electron chi connectivity index (χ3n) is 2.35. The van der Waals surface area contributed by atoms with Crippen molar-refractivity contribution in [2.45, 2.75) is 13.0 Å². The van der Waals surface area contributed by atoms with Crippen LogP contribution in [-0.4, -0.2) is 20.3 Å². The zero-order valence-corrected chi connectivity index (χ0v) is 7.77. The molecule has 0 aromatic carbocycles. The van der Waals surface area contributed by atoms with Crippen LogP contribution < -0.4 is 5.32 Å². The van der Waals surface area contributed by atoms with Gasteiger partial charge in [-0.3, -0.25) is 0 Å². The van der Waals surface area contributed by atoms with Crippen LogP contribution in [0.25, 0.3) is 11.2 Å². The first-order valence-corrected chi connectivity index (χ1v) is 4.98. The molecule has 1 aliphatic rings. The molecule has 3 heterocycles. The standard InChI is InChI=1S/C8H8N4S/c1-2-9-3-5-4-10-8-7(6(1)5)11-13-12-8/h4,9H,1-3H2. The molecule has 0 aliphatic carbocycles. The summed E-state index contributed by atoms with van der Waals surface area (Å²) in [4.78, 5) is 4.25. The summed E-state index contributed by atoms with van der Waals surface area (Å²) in [6.45, 7) is 1.94. The predicted octanol–water partition coefficient (Wildman–Crippen LogP) is 0.732. The fourth-order valence-corrected chi connectivity index (χ4v) is 2.22. The summed E-state index contributed by atoms with van der Waals surface area (Å²) >= 11 is 1.24. The van der Waals surface area contributed by atoms with Crippen molar-refractivity contribution in [2.24, 2.45) is 0 Å². The molecular weight excluding hydrogens is 184 g/mol. The molecule has 4 nitrogen and oxygen atoms in total. The van der Waals surface area contributed by atoms with Gasteiger partial charge in [0.1, 0.15) is 5.52 Å². The van der Waals surface area contributed by atoms with Crippen molar-refractivity contribution < 1.29 is 0 Å². The largest absolute Gasteiger partial charge is 0.312 e. The van der Waals surface area contributed by atoms with Gasteiger partial charge in [0.15, 0.2) is 5.65 Å². The van der Waals surface area contributed by atoms with Crippen molar-refractivity contribution in [1.82, 2.24) is 19.0 Å². The first-order chi connectivity index (χ1) is 6.45. The lowest BCUT2D eigenvalue weighted by atomic mass is 10.0. The van der Waals surface area contributed by atoms with E-state index in [-0.39, 0.29) is 0 Å². The summed E-state index contributed by atoms with van der Waals surface area (Å²) in [5.74, 6) is 0. The predicted molar refractivity (Wildman–Crippen MR) is 50.6 cm³/mol. The smallest absolute Gasteiger partial charge is 0.193 e. The van der Waals surface area contributed by atoms with Gasteiger partial charge < -0.3 is 5.32 Å². The van der Waals surface area contributed by atoms with Crippen LogP contribution in [0.5, 0.6) is 0 Å². The molecule has 2 aromatic rings.